The van der Waals surface area contributed by atoms with Gasteiger partial charge in [-0.2, -0.15) is 0 Å². The number of amides is 1. The topological polar surface area (TPSA) is 88.5 Å². The van der Waals surface area contributed by atoms with E-state index in [4.69, 9.17) is 14.2 Å². The normalized spacial score (nSPS) is 21.7. The summed E-state index contributed by atoms with van der Waals surface area (Å²) in [7, 11) is 0. The highest BCUT2D eigenvalue weighted by Gasteiger charge is 2.52. The lowest BCUT2D eigenvalue weighted by molar-refractivity contribution is -0.0856. The summed E-state index contributed by atoms with van der Waals surface area (Å²) >= 11 is 0. The fraction of sp³-hybridized carbons (Fsp3) is 0.321. The lowest BCUT2D eigenvalue weighted by Gasteiger charge is -2.28. The molecule has 1 heterocycles. The van der Waals surface area contributed by atoms with Crippen LogP contribution in [0.25, 0.3) is 0 Å². The minimum absolute atomic E-state index is 0.0809. The predicted octanol–water partition coefficient (Wildman–Crippen LogP) is 3.53. The molecule has 4 atom stereocenters. The fourth-order valence-electron chi connectivity index (χ4n) is 4.39. The van der Waals surface area contributed by atoms with Crippen molar-refractivity contribution in [3.8, 4) is 0 Å². The van der Waals surface area contributed by atoms with Gasteiger partial charge in [-0.05, 0) is 16.7 Å². The average Bonchev–Trinajstić information content (AvgIpc) is 3.23. The Hall–Kier alpha value is -3.23. The molecule has 0 saturated carbocycles. The van der Waals surface area contributed by atoms with Crippen LogP contribution in [0.4, 0.5) is 4.79 Å². The summed E-state index contributed by atoms with van der Waals surface area (Å²) < 4.78 is 18.0. The zero-order valence-corrected chi connectivity index (χ0v) is 19.5. The summed E-state index contributed by atoms with van der Waals surface area (Å²) in [4.78, 5) is 14.5. The van der Waals surface area contributed by atoms with E-state index in [1.165, 1.54) is 4.90 Å². The standard InChI is InChI=1S/C28H31NO6/c30-16-24-26(33-18-21-10-4-1-5-11-21)27(34-19-22-12-6-2-7-13-22)25(17-31)29(24)28(32)35-20-23-14-8-3-9-15-23/h1-15,24-27,30-31H,16-20H2/t24-,25+,26-,27+. The molecule has 0 aromatic heterocycles. The SMILES string of the molecule is O=C(OCc1ccccc1)N1[C@H](CO)[C@@H](OCc2ccccc2)[C@@H](OCc2ccccc2)[C@@H]1CO. The molecule has 7 heteroatoms. The molecular weight excluding hydrogens is 446 g/mol. The molecule has 0 unspecified atom stereocenters. The van der Waals surface area contributed by atoms with Gasteiger partial charge in [0.1, 0.15) is 18.8 Å². The van der Waals surface area contributed by atoms with Crippen LogP contribution >= 0.6 is 0 Å². The van der Waals surface area contributed by atoms with E-state index < -0.39 is 30.4 Å². The molecule has 1 saturated heterocycles. The summed E-state index contributed by atoms with van der Waals surface area (Å²) in [5.74, 6) is 0. The molecule has 7 nitrogen and oxygen atoms in total. The van der Waals surface area contributed by atoms with Gasteiger partial charge < -0.3 is 24.4 Å². The zero-order chi connectivity index (χ0) is 24.5. The van der Waals surface area contributed by atoms with Crippen LogP contribution in [0.2, 0.25) is 0 Å². The molecule has 3 aromatic rings. The maximum absolute atomic E-state index is 13.2. The van der Waals surface area contributed by atoms with Crippen molar-refractivity contribution in [2.24, 2.45) is 0 Å². The highest BCUT2D eigenvalue weighted by molar-refractivity contribution is 5.69. The summed E-state index contributed by atoms with van der Waals surface area (Å²) in [5.41, 5.74) is 2.75. The summed E-state index contributed by atoms with van der Waals surface area (Å²) in [6.45, 7) is -0.0861. The van der Waals surface area contributed by atoms with Gasteiger partial charge in [-0.1, -0.05) is 91.0 Å². The third-order valence-corrected chi connectivity index (χ3v) is 6.16. The van der Waals surface area contributed by atoms with Crippen molar-refractivity contribution in [2.75, 3.05) is 13.2 Å². The van der Waals surface area contributed by atoms with Gasteiger partial charge in [-0.3, -0.25) is 4.90 Å². The van der Waals surface area contributed by atoms with Gasteiger partial charge in [0.2, 0.25) is 0 Å². The monoisotopic (exact) mass is 477 g/mol. The lowest BCUT2D eigenvalue weighted by atomic mass is 10.1. The molecule has 0 radical (unpaired) electrons. The second-order valence-electron chi connectivity index (χ2n) is 8.47. The molecule has 0 spiro atoms. The number of hydrogen-bond acceptors (Lipinski definition) is 6. The first kappa shape index (κ1) is 24.9. The molecule has 184 valence electrons. The van der Waals surface area contributed by atoms with Crippen LogP contribution in [-0.4, -0.2) is 58.7 Å². The Kier molecular flexibility index (Phi) is 8.86. The van der Waals surface area contributed by atoms with Gasteiger partial charge in [-0.25, -0.2) is 4.79 Å². The first-order valence-corrected chi connectivity index (χ1v) is 11.7. The maximum atomic E-state index is 13.2. The number of carbonyl (C=O) groups excluding carboxylic acids is 1. The van der Waals surface area contributed by atoms with Crippen molar-refractivity contribution < 1.29 is 29.2 Å². The van der Waals surface area contributed by atoms with Crippen molar-refractivity contribution in [1.82, 2.24) is 4.90 Å². The average molecular weight is 478 g/mol. The van der Waals surface area contributed by atoms with Crippen LogP contribution in [-0.2, 0) is 34.0 Å². The number of carbonyl (C=O) groups is 1. The molecule has 1 aliphatic rings. The molecule has 1 fully saturated rings. The highest BCUT2D eigenvalue weighted by atomic mass is 16.6. The third kappa shape index (κ3) is 6.26. The minimum Gasteiger partial charge on any atom is -0.445 e. The Morgan fingerprint density at radius 2 is 1.00 bits per heavy atom. The van der Waals surface area contributed by atoms with E-state index in [1.807, 2.05) is 91.0 Å². The van der Waals surface area contributed by atoms with Crippen LogP contribution in [0.15, 0.2) is 91.0 Å². The Labute approximate surface area is 205 Å². The van der Waals surface area contributed by atoms with E-state index in [-0.39, 0.29) is 33.0 Å². The summed E-state index contributed by atoms with van der Waals surface area (Å²) in [5, 5.41) is 20.6. The smallest absolute Gasteiger partial charge is 0.410 e. The molecule has 0 aliphatic carbocycles. The number of benzene rings is 3. The van der Waals surface area contributed by atoms with Gasteiger partial charge in [0.15, 0.2) is 0 Å². The minimum atomic E-state index is -0.736. The second kappa shape index (κ2) is 12.5. The lowest BCUT2D eigenvalue weighted by Crippen LogP contribution is -2.47. The van der Waals surface area contributed by atoms with Crippen molar-refractivity contribution >= 4 is 6.09 Å². The van der Waals surface area contributed by atoms with Gasteiger partial charge in [0.25, 0.3) is 0 Å². The summed E-state index contributed by atoms with van der Waals surface area (Å²) in [6.07, 6.45) is -1.96. The van der Waals surface area contributed by atoms with Gasteiger partial charge in [-0.15, -0.1) is 0 Å². The molecule has 4 rings (SSSR count). The maximum Gasteiger partial charge on any atom is 0.410 e. The molecule has 3 aromatic carbocycles. The third-order valence-electron chi connectivity index (χ3n) is 6.16. The van der Waals surface area contributed by atoms with Crippen molar-refractivity contribution in [3.05, 3.63) is 108 Å². The molecule has 35 heavy (non-hydrogen) atoms. The van der Waals surface area contributed by atoms with E-state index in [0.717, 1.165) is 16.7 Å². The van der Waals surface area contributed by atoms with E-state index in [0.29, 0.717) is 0 Å². The molecule has 1 aliphatic heterocycles. The summed E-state index contributed by atoms with van der Waals surface area (Å²) in [6, 6.07) is 27.2. The zero-order valence-electron chi connectivity index (χ0n) is 19.5. The molecule has 1 amide bonds. The first-order chi connectivity index (χ1) is 17.2. The van der Waals surface area contributed by atoms with Gasteiger partial charge in [0, 0.05) is 0 Å². The number of hydrogen-bond donors (Lipinski definition) is 2. The molecular formula is C28H31NO6. The van der Waals surface area contributed by atoms with E-state index in [1.54, 1.807) is 0 Å². The largest absolute Gasteiger partial charge is 0.445 e. The van der Waals surface area contributed by atoms with Crippen LogP contribution in [0.1, 0.15) is 16.7 Å². The van der Waals surface area contributed by atoms with Crippen LogP contribution in [0.3, 0.4) is 0 Å². The van der Waals surface area contributed by atoms with Crippen LogP contribution in [0, 0.1) is 0 Å². The number of aliphatic hydroxyl groups is 2. The predicted molar refractivity (Wildman–Crippen MR) is 130 cm³/mol. The van der Waals surface area contributed by atoms with Crippen LogP contribution in [0.5, 0.6) is 0 Å². The van der Waals surface area contributed by atoms with Gasteiger partial charge >= 0.3 is 6.09 Å². The number of likely N-dealkylation sites (tertiary alicyclic amines) is 1. The van der Waals surface area contributed by atoms with E-state index in [2.05, 4.69) is 0 Å². The Morgan fingerprint density at radius 3 is 1.37 bits per heavy atom. The van der Waals surface area contributed by atoms with Gasteiger partial charge in [0.05, 0.1) is 38.5 Å². The van der Waals surface area contributed by atoms with E-state index in [9.17, 15) is 15.0 Å². The number of aliphatic hydroxyl groups excluding tert-OH is 2. The molecule has 2 N–H and O–H groups in total. The first-order valence-electron chi connectivity index (χ1n) is 11.7. The Balaban J connectivity index is 1.53. The Morgan fingerprint density at radius 1 is 0.629 bits per heavy atom. The van der Waals surface area contributed by atoms with Crippen molar-refractivity contribution in [2.45, 2.75) is 44.1 Å². The quantitative estimate of drug-likeness (QED) is 0.465. The van der Waals surface area contributed by atoms with Crippen molar-refractivity contribution in [3.63, 3.8) is 0 Å². The fourth-order valence-corrected chi connectivity index (χ4v) is 4.39. The highest BCUT2D eigenvalue weighted by Crippen LogP contribution is 2.32. The second-order valence-corrected chi connectivity index (χ2v) is 8.47. The van der Waals surface area contributed by atoms with Crippen molar-refractivity contribution in [1.29, 1.82) is 0 Å². The molecule has 0 bridgehead atoms. The number of ether oxygens (including phenoxy) is 3. The Bertz CT molecular complexity index is 976. The number of rotatable bonds is 10. The van der Waals surface area contributed by atoms with E-state index >= 15 is 0 Å². The van der Waals surface area contributed by atoms with Crippen LogP contribution < -0.4 is 0 Å². The number of nitrogens with zero attached hydrogens (tertiary/aromatic N) is 1.